The number of halogens is 1. The molecule has 1 unspecified atom stereocenters. The summed E-state index contributed by atoms with van der Waals surface area (Å²) in [5, 5.41) is 2.37. The largest absolute Gasteiger partial charge is 0.330 e. The van der Waals surface area contributed by atoms with Crippen LogP contribution in [0, 0.1) is 0 Å². The maximum Gasteiger partial charge on any atom is 0.252 e. The molecule has 0 heterocycles. The fourth-order valence-electron chi connectivity index (χ4n) is 0.890. The molecule has 0 radical (unpaired) electrons. The first-order valence-corrected chi connectivity index (χ1v) is 4.55. The lowest BCUT2D eigenvalue weighted by Gasteiger charge is -2.07. The number of benzene rings is 1. The molecule has 4 heteroatoms. The van der Waals surface area contributed by atoms with Crippen LogP contribution in [0.5, 0.6) is 0 Å². The quantitative estimate of drug-likeness (QED) is 0.610. The van der Waals surface area contributed by atoms with Gasteiger partial charge in [0.05, 0.1) is 0 Å². The zero-order valence-corrected chi connectivity index (χ0v) is 8.41. The van der Waals surface area contributed by atoms with Crippen LogP contribution in [0.4, 0.5) is 0 Å². The second-order valence-electron chi connectivity index (χ2n) is 2.81. The molecule has 74 valence electrons. The highest BCUT2D eigenvalue weighted by Gasteiger charge is 2.13. The van der Waals surface area contributed by atoms with Gasteiger partial charge in [-0.2, -0.15) is 0 Å². The first-order chi connectivity index (χ1) is 6.61. The Labute approximate surface area is 87.1 Å². The average molecular weight is 212 g/mol. The van der Waals surface area contributed by atoms with Gasteiger partial charge in [-0.15, -0.1) is 0 Å². The van der Waals surface area contributed by atoms with Gasteiger partial charge in [0.2, 0.25) is 0 Å². The molecule has 0 fully saturated rings. The van der Waals surface area contributed by atoms with Crippen molar-refractivity contribution in [1.29, 1.82) is 0 Å². The van der Waals surface area contributed by atoms with Gasteiger partial charge in [-0.25, -0.2) is 0 Å². The van der Waals surface area contributed by atoms with Crippen molar-refractivity contribution < 1.29 is 9.59 Å². The third-order valence-electron chi connectivity index (χ3n) is 1.65. The van der Waals surface area contributed by atoms with Gasteiger partial charge in [0.15, 0.2) is 11.3 Å². The Kier molecular flexibility index (Phi) is 3.65. The zero-order valence-electron chi connectivity index (χ0n) is 7.66. The van der Waals surface area contributed by atoms with Crippen molar-refractivity contribution in [2.24, 2.45) is 0 Å². The van der Waals surface area contributed by atoms with Crippen LogP contribution >= 0.6 is 11.6 Å². The van der Waals surface area contributed by atoms with Crippen molar-refractivity contribution in [3.63, 3.8) is 0 Å². The zero-order chi connectivity index (χ0) is 10.6. The molecular formula is C10H10ClNO2. The van der Waals surface area contributed by atoms with Gasteiger partial charge in [0.25, 0.3) is 5.91 Å². The molecule has 3 nitrogen and oxygen atoms in total. The summed E-state index contributed by atoms with van der Waals surface area (Å²) in [6, 6.07) is 8.59. The van der Waals surface area contributed by atoms with Crippen LogP contribution in [0.3, 0.4) is 0 Å². The van der Waals surface area contributed by atoms with Gasteiger partial charge >= 0.3 is 0 Å². The topological polar surface area (TPSA) is 46.2 Å². The number of hydrogen-bond acceptors (Lipinski definition) is 2. The average Bonchev–Trinajstić information content (AvgIpc) is 2.19. The van der Waals surface area contributed by atoms with E-state index in [4.69, 9.17) is 11.6 Å². The highest BCUT2D eigenvalue weighted by molar-refractivity contribution is 6.31. The van der Waals surface area contributed by atoms with Gasteiger partial charge < -0.3 is 5.32 Å². The second kappa shape index (κ2) is 4.77. The summed E-state index contributed by atoms with van der Waals surface area (Å²) in [6.07, 6.45) is 0. The van der Waals surface area contributed by atoms with E-state index in [2.05, 4.69) is 5.32 Å². The van der Waals surface area contributed by atoms with E-state index in [9.17, 15) is 9.59 Å². The SMILES string of the molecule is CC(=O)C(Cl)NC(=O)c1ccccc1. The van der Waals surface area contributed by atoms with Crippen LogP contribution in [0.25, 0.3) is 0 Å². The van der Waals surface area contributed by atoms with Gasteiger partial charge in [0.1, 0.15) is 0 Å². The van der Waals surface area contributed by atoms with Crippen molar-refractivity contribution in [1.82, 2.24) is 5.32 Å². The lowest BCUT2D eigenvalue weighted by Crippen LogP contribution is -2.35. The van der Waals surface area contributed by atoms with Gasteiger partial charge in [-0.05, 0) is 19.1 Å². The third kappa shape index (κ3) is 2.85. The van der Waals surface area contributed by atoms with Gasteiger partial charge in [-0.3, -0.25) is 9.59 Å². The molecule has 1 aromatic carbocycles. The third-order valence-corrected chi connectivity index (χ3v) is 2.07. The molecule has 1 amide bonds. The molecule has 1 atom stereocenters. The smallest absolute Gasteiger partial charge is 0.252 e. The van der Waals surface area contributed by atoms with E-state index in [-0.39, 0.29) is 11.7 Å². The van der Waals surface area contributed by atoms with E-state index >= 15 is 0 Å². The maximum absolute atomic E-state index is 11.4. The minimum atomic E-state index is -0.956. The summed E-state index contributed by atoms with van der Waals surface area (Å²) in [6.45, 7) is 1.32. The predicted molar refractivity (Wildman–Crippen MR) is 54.2 cm³/mol. The summed E-state index contributed by atoms with van der Waals surface area (Å²) in [7, 11) is 0. The number of Topliss-reactive ketones (excluding diaryl/α,β-unsaturated/α-hetero) is 1. The Balaban J connectivity index is 2.64. The Morgan fingerprint density at radius 2 is 1.86 bits per heavy atom. The summed E-state index contributed by atoms with van der Waals surface area (Å²) >= 11 is 5.58. The van der Waals surface area contributed by atoms with E-state index in [1.807, 2.05) is 0 Å². The van der Waals surface area contributed by atoms with Gasteiger partial charge in [0, 0.05) is 5.56 Å². The highest BCUT2D eigenvalue weighted by atomic mass is 35.5. The minimum Gasteiger partial charge on any atom is -0.330 e. The van der Waals surface area contributed by atoms with E-state index < -0.39 is 5.50 Å². The van der Waals surface area contributed by atoms with E-state index in [1.54, 1.807) is 30.3 Å². The van der Waals surface area contributed by atoms with E-state index in [1.165, 1.54) is 6.92 Å². The molecule has 1 N–H and O–H groups in total. The van der Waals surface area contributed by atoms with Gasteiger partial charge in [-0.1, -0.05) is 29.8 Å². The molecule has 1 rings (SSSR count). The van der Waals surface area contributed by atoms with Crippen LogP contribution in [-0.4, -0.2) is 17.2 Å². The number of ketones is 1. The van der Waals surface area contributed by atoms with Crippen molar-refractivity contribution >= 4 is 23.3 Å². The number of hydrogen-bond donors (Lipinski definition) is 1. The normalized spacial score (nSPS) is 11.9. The van der Waals surface area contributed by atoms with Crippen LogP contribution in [0.1, 0.15) is 17.3 Å². The van der Waals surface area contributed by atoms with Crippen LogP contribution < -0.4 is 5.32 Å². The fraction of sp³-hybridized carbons (Fsp3) is 0.200. The molecule has 0 aromatic heterocycles. The lowest BCUT2D eigenvalue weighted by molar-refractivity contribution is -0.117. The first-order valence-electron chi connectivity index (χ1n) is 4.11. The molecule has 0 aliphatic heterocycles. The highest BCUT2D eigenvalue weighted by Crippen LogP contribution is 2.00. The van der Waals surface area contributed by atoms with Crippen molar-refractivity contribution in [3.05, 3.63) is 35.9 Å². The Morgan fingerprint density at radius 1 is 1.29 bits per heavy atom. The molecule has 0 spiro atoms. The molecule has 0 aliphatic carbocycles. The standard InChI is InChI=1S/C10H10ClNO2/c1-7(13)9(11)12-10(14)8-5-3-2-4-6-8/h2-6,9H,1H3,(H,12,14). The van der Waals surface area contributed by atoms with E-state index in [0.717, 1.165) is 0 Å². The van der Waals surface area contributed by atoms with Crippen LogP contribution in [0.15, 0.2) is 30.3 Å². The lowest BCUT2D eigenvalue weighted by atomic mass is 10.2. The molecule has 14 heavy (non-hydrogen) atoms. The minimum absolute atomic E-state index is 0.282. The molecular weight excluding hydrogens is 202 g/mol. The summed E-state index contributed by atoms with van der Waals surface area (Å²) in [5.41, 5.74) is -0.470. The number of alkyl halides is 1. The Morgan fingerprint density at radius 3 is 2.36 bits per heavy atom. The molecule has 0 bridgehead atoms. The summed E-state index contributed by atoms with van der Waals surface area (Å²) in [4.78, 5) is 22.2. The van der Waals surface area contributed by atoms with Crippen LogP contribution in [-0.2, 0) is 4.79 Å². The van der Waals surface area contributed by atoms with E-state index in [0.29, 0.717) is 5.56 Å². The predicted octanol–water partition coefficient (Wildman–Crippen LogP) is 1.57. The monoisotopic (exact) mass is 211 g/mol. The number of nitrogens with one attached hydrogen (secondary N) is 1. The Hall–Kier alpha value is -1.35. The molecule has 0 saturated carbocycles. The maximum atomic E-state index is 11.4. The number of carbonyl (C=O) groups is 2. The van der Waals surface area contributed by atoms with Crippen LogP contribution in [0.2, 0.25) is 0 Å². The van der Waals surface area contributed by atoms with Crippen molar-refractivity contribution in [2.75, 3.05) is 0 Å². The fourth-order valence-corrected chi connectivity index (χ4v) is 0.989. The first kappa shape index (κ1) is 10.7. The molecule has 0 aliphatic rings. The molecule has 0 saturated heterocycles. The number of carbonyl (C=O) groups excluding carboxylic acids is 2. The second-order valence-corrected chi connectivity index (χ2v) is 3.25. The summed E-state index contributed by atoms with van der Waals surface area (Å²) < 4.78 is 0. The summed E-state index contributed by atoms with van der Waals surface area (Å²) in [5.74, 6) is -0.628. The Bertz CT molecular complexity index is 337. The number of amides is 1. The molecule has 1 aromatic rings. The van der Waals surface area contributed by atoms with Crippen molar-refractivity contribution in [3.8, 4) is 0 Å². The van der Waals surface area contributed by atoms with Crippen molar-refractivity contribution in [2.45, 2.75) is 12.4 Å². The number of rotatable bonds is 3.